The average Bonchev–Trinajstić information content (AvgIpc) is 3.46. The number of aliphatic carboxylic acids is 1. The number of imidazole rings is 1. The van der Waals surface area contributed by atoms with Gasteiger partial charge in [-0.05, 0) is 6.92 Å². The number of allylic oxidation sites excluding steroid dienone is 1. The van der Waals surface area contributed by atoms with Crippen LogP contribution in [0, 0.1) is 0 Å². The Bertz CT molecular complexity index is 1330. The first-order valence-corrected chi connectivity index (χ1v) is 12.2. The Kier molecular flexibility index (Phi) is 7.16. The van der Waals surface area contributed by atoms with Gasteiger partial charge in [0.15, 0.2) is 11.3 Å². The number of nitrogens with one attached hydrogen (secondary N) is 1. The molecule has 2 aromatic rings. The fraction of sp³-hybridized carbons (Fsp3) is 0.300. The van der Waals surface area contributed by atoms with Crippen LogP contribution < -0.4 is 15.6 Å². The van der Waals surface area contributed by atoms with Gasteiger partial charge in [-0.15, -0.1) is 16.4 Å². The summed E-state index contributed by atoms with van der Waals surface area (Å²) in [6.07, 6.45) is 7.10. The smallest absolute Gasteiger partial charge is 0.352 e. The van der Waals surface area contributed by atoms with Crippen molar-refractivity contribution in [1.29, 1.82) is 0 Å². The SMILES string of the molecule is C=Nn1cc[n+](CC2=C(C(=O)O)N3C(=O)[C@@H](NC(=O)/C(=N\OC)c4nsc(N)n4)[C@H]3SC2)c1/C=C\C. The molecule has 2 aromatic heterocycles. The zero-order valence-electron chi connectivity index (χ0n) is 19.2. The van der Waals surface area contributed by atoms with Crippen molar-refractivity contribution in [1.82, 2.24) is 24.3 Å². The van der Waals surface area contributed by atoms with E-state index in [1.165, 1.54) is 23.8 Å². The number of nitrogens with two attached hydrogens (primary N) is 1. The van der Waals surface area contributed by atoms with Crippen molar-refractivity contribution < 1.29 is 28.9 Å². The van der Waals surface area contributed by atoms with Crippen molar-refractivity contribution in [2.45, 2.75) is 24.9 Å². The number of carboxylic acids is 1. The molecule has 2 atom stereocenters. The number of amides is 2. The standard InChI is InChI=1S/C20H21N9O5S2/c1-4-5-11-27(6-7-28(11)22-2)8-10-9-35-18-13(17(31)29(18)14(10)19(32)33)23-16(30)12(25-34-3)15-24-20(21)36-26-15/h4-7,13,18H,2,8-9H2,1,3H3,(H3-,21,23,24,26,30,32,33)/p+1/b5-4-,25-12-/t13-,18-/m1/s1. The third kappa shape index (κ3) is 4.47. The Hall–Kier alpha value is -4.05. The molecule has 4 rings (SSSR count). The summed E-state index contributed by atoms with van der Waals surface area (Å²) in [6.45, 7) is 5.61. The zero-order valence-corrected chi connectivity index (χ0v) is 20.8. The molecule has 36 heavy (non-hydrogen) atoms. The number of nitrogen functional groups attached to an aromatic ring is 1. The number of hydrogen-bond donors (Lipinski definition) is 3. The van der Waals surface area contributed by atoms with E-state index in [1.54, 1.807) is 17.1 Å². The number of anilines is 1. The fourth-order valence-electron chi connectivity index (χ4n) is 3.83. The van der Waals surface area contributed by atoms with Crippen molar-refractivity contribution in [3.8, 4) is 0 Å². The number of carbonyl (C=O) groups excluding carboxylic acids is 2. The molecule has 16 heteroatoms. The average molecular weight is 533 g/mol. The van der Waals surface area contributed by atoms with Gasteiger partial charge in [-0.25, -0.2) is 9.36 Å². The summed E-state index contributed by atoms with van der Waals surface area (Å²) in [5, 5.41) is 19.6. The van der Waals surface area contributed by atoms with Crippen molar-refractivity contribution in [2.24, 2.45) is 10.3 Å². The molecule has 0 aromatic carbocycles. The molecule has 0 radical (unpaired) electrons. The van der Waals surface area contributed by atoms with Gasteiger partial charge >= 0.3 is 11.8 Å². The summed E-state index contributed by atoms with van der Waals surface area (Å²) in [5.74, 6) is -1.54. The second-order valence-corrected chi connectivity index (χ2v) is 9.36. The lowest BCUT2D eigenvalue weighted by molar-refractivity contribution is -0.690. The van der Waals surface area contributed by atoms with Crippen molar-refractivity contribution in [3.05, 3.63) is 41.4 Å². The van der Waals surface area contributed by atoms with Crippen LogP contribution >= 0.6 is 23.3 Å². The summed E-state index contributed by atoms with van der Waals surface area (Å²) in [4.78, 5) is 47.9. The molecule has 0 aliphatic carbocycles. The number of nitrogens with zero attached hydrogens (tertiary/aromatic N) is 7. The number of hydrogen-bond acceptors (Lipinski definition) is 11. The van der Waals surface area contributed by atoms with Crippen LogP contribution in [0.1, 0.15) is 18.6 Å². The van der Waals surface area contributed by atoms with Crippen LogP contribution in [-0.2, 0) is 25.8 Å². The van der Waals surface area contributed by atoms with Crippen LogP contribution in [0.25, 0.3) is 6.08 Å². The number of β-lactam (4-membered cyclic amide) rings is 1. The van der Waals surface area contributed by atoms with Gasteiger partial charge in [0, 0.05) is 35.7 Å². The normalized spacial score (nSPS) is 19.8. The minimum absolute atomic E-state index is 0.0416. The third-order valence-electron chi connectivity index (χ3n) is 5.33. The van der Waals surface area contributed by atoms with Gasteiger partial charge in [0.25, 0.3) is 11.8 Å². The van der Waals surface area contributed by atoms with E-state index >= 15 is 0 Å². The molecule has 4 heterocycles. The van der Waals surface area contributed by atoms with Gasteiger partial charge in [-0.1, -0.05) is 16.3 Å². The van der Waals surface area contributed by atoms with Gasteiger partial charge in [-0.3, -0.25) is 14.5 Å². The molecular formula is C20H22N9O5S2+. The van der Waals surface area contributed by atoms with E-state index in [4.69, 9.17) is 10.6 Å². The van der Waals surface area contributed by atoms with Crippen LogP contribution in [-0.4, -0.2) is 78.5 Å². The zero-order chi connectivity index (χ0) is 26.0. The number of rotatable bonds is 9. The molecule has 2 aliphatic rings. The number of thioether (sulfide) groups is 1. The number of carbonyl (C=O) groups is 3. The van der Waals surface area contributed by atoms with Crippen LogP contribution in [0.15, 0.2) is 40.0 Å². The number of oxime groups is 1. The Morgan fingerprint density at radius 3 is 2.89 bits per heavy atom. The highest BCUT2D eigenvalue weighted by molar-refractivity contribution is 8.00. The predicted molar refractivity (Wildman–Crippen MR) is 132 cm³/mol. The monoisotopic (exact) mass is 532 g/mol. The van der Waals surface area contributed by atoms with Gasteiger partial charge in [0.05, 0.1) is 0 Å². The Morgan fingerprint density at radius 1 is 1.50 bits per heavy atom. The van der Waals surface area contributed by atoms with Crippen molar-refractivity contribution in [3.63, 3.8) is 0 Å². The summed E-state index contributed by atoms with van der Waals surface area (Å²) >= 11 is 2.22. The topological polar surface area (TPSA) is 181 Å². The molecule has 0 spiro atoms. The van der Waals surface area contributed by atoms with E-state index in [0.29, 0.717) is 17.2 Å². The lowest BCUT2D eigenvalue weighted by Gasteiger charge is -2.49. The molecule has 4 N–H and O–H groups in total. The molecule has 1 fully saturated rings. The molecule has 1 saturated heterocycles. The highest BCUT2D eigenvalue weighted by Gasteiger charge is 2.54. The van der Waals surface area contributed by atoms with E-state index in [-0.39, 0.29) is 28.9 Å². The first-order chi connectivity index (χ1) is 17.3. The Labute approximate surface area is 213 Å². The van der Waals surface area contributed by atoms with Crippen LogP contribution in [0.4, 0.5) is 5.13 Å². The molecule has 2 aliphatic heterocycles. The van der Waals surface area contributed by atoms with Gasteiger partial charge in [0.1, 0.15) is 37.0 Å². The minimum atomic E-state index is -1.23. The summed E-state index contributed by atoms with van der Waals surface area (Å²) in [6, 6.07) is -0.964. The lowest BCUT2D eigenvalue weighted by atomic mass is 10.0. The van der Waals surface area contributed by atoms with Gasteiger partial charge in [-0.2, -0.15) is 9.36 Å². The van der Waals surface area contributed by atoms with Crippen LogP contribution in [0.3, 0.4) is 0 Å². The second-order valence-electron chi connectivity index (χ2n) is 7.47. The van der Waals surface area contributed by atoms with E-state index in [2.05, 4.69) is 31.6 Å². The molecule has 0 saturated carbocycles. The molecule has 14 nitrogen and oxygen atoms in total. The first-order valence-electron chi connectivity index (χ1n) is 10.4. The molecule has 188 valence electrons. The highest BCUT2D eigenvalue weighted by Crippen LogP contribution is 2.40. The molecule has 2 amide bonds. The molecule has 0 unspecified atom stereocenters. The number of fused-ring (bicyclic) bond motifs is 1. The quantitative estimate of drug-likeness (QED) is 0.166. The van der Waals surface area contributed by atoms with E-state index in [1.807, 2.05) is 23.6 Å². The summed E-state index contributed by atoms with van der Waals surface area (Å²) in [7, 11) is 1.25. The molecular weight excluding hydrogens is 510 g/mol. The van der Waals surface area contributed by atoms with Crippen molar-refractivity contribution in [2.75, 3.05) is 18.6 Å². The maximum absolute atomic E-state index is 13.0. The Balaban J connectivity index is 1.56. The third-order valence-corrected chi connectivity index (χ3v) is 7.22. The lowest BCUT2D eigenvalue weighted by Crippen LogP contribution is -2.71. The number of carboxylic acid groups (broad SMARTS) is 1. The highest BCUT2D eigenvalue weighted by atomic mass is 32.2. The summed E-state index contributed by atoms with van der Waals surface area (Å²) in [5.41, 5.74) is 5.78. The van der Waals surface area contributed by atoms with E-state index in [9.17, 15) is 19.5 Å². The molecule has 0 bridgehead atoms. The summed E-state index contributed by atoms with van der Waals surface area (Å²) < 4.78 is 7.33. The van der Waals surface area contributed by atoms with E-state index < -0.39 is 29.2 Å². The Morgan fingerprint density at radius 2 is 2.28 bits per heavy atom. The van der Waals surface area contributed by atoms with Crippen molar-refractivity contribution >= 4 is 64.7 Å². The minimum Gasteiger partial charge on any atom is -0.477 e. The second kappa shape index (κ2) is 10.3. The number of aromatic nitrogens is 4. The van der Waals surface area contributed by atoms with Crippen LogP contribution in [0.5, 0.6) is 0 Å². The van der Waals surface area contributed by atoms with E-state index in [0.717, 1.165) is 11.5 Å². The van der Waals surface area contributed by atoms with Crippen LogP contribution in [0.2, 0.25) is 0 Å². The largest absolute Gasteiger partial charge is 0.477 e. The van der Waals surface area contributed by atoms with Gasteiger partial charge < -0.3 is 21.0 Å². The maximum atomic E-state index is 13.0. The fourth-order valence-corrected chi connectivity index (χ4v) is 5.60. The van der Waals surface area contributed by atoms with Gasteiger partial charge in [0.2, 0.25) is 11.5 Å². The predicted octanol–water partition coefficient (Wildman–Crippen LogP) is -0.505. The maximum Gasteiger partial charge on any atom is 0.352 e. The first kappa shape index (κ1) is 25.1.